The summed E-state index contributed by atoms with van der Waals surface area (Å²) >= 11 is 1.58. The number of nitrogens with one attached hydrogen (secondary N) is 1. The molecule has 0 bridgehead atoms. The molecular formula is C20H20N4OS. The monoisotopic (exact) mass is 364 g/mol. The first-order valence-corrected chi connectivity index (χ1v) is 9.61. The molecule has 1 aliphatic heterocycles. The second-order valence-electron chi connectivity index (χ2n) is 6.29. The van der Waals surface area contributed by atoms with Crippen LogP contribution in [0, 0.1) is 0 Å². The number of thiazole rings is 1. The van der Waals surface area contributed by atoms with E-state index >= 15 is 0 Å². The van der Waals surface area contributed by atoms with Crippen molar-refractivity contribution in [2.45, 2.75) is 19.4 Å². The second kappa shape index (κ2) is 7.66. The molecule has 26 heavy (non-hydrogen) atoms. The summed E-state index contributed by atoms with van der Waals surface area (Å²) in [5, 5.41) is 3.76. The number of aromatic nitrogens is 2. The number of carbonyl (C=O) groups is 1. The lowest BCUT2D eigenvalue weighted by Gasteiger charge is -2.16. The molecule has 2 aromatic heterocycles. The highest BCUT2D eigenvalue weighted by Crippen LogP contribution is 2.22. The van der Waals surface area contributed by atoms with Crippen LogP contribution in [-0.2, 0) is 11.3 Å². The van der Waals surface area contributed by atoms with Crippen molar-refractivity contribution in [1.29, 1.82) is 0 Å². The van der Waals surface area contributed by atoms with Crippen LogP contribution in [0.4, 0.5) is 5.82 Å². The van der Waals surface area contributed by atoms with E-state index in [1.807, 2.05) is 36.5 Å². The van der Waals surface area contributed by atoms with Crippen molar-refractivity contribution in [2.24, 2.45) is 0 Å². The Morgan fingerprint density at radius 1 is 1.23 bits per heavy atom. The van der Waals surface area contributed by atoms with E-state index < -0.39 is 0 Å². The number of rotatable bonds is 5. The zero-order chi connectivity index (χ0) is 17.8. The van der Waals surface area contributed by atoms with Gasteiger partial charge in [-0.2, -0.15) is 0 Å². The first-order valence-electron chi connectivity index (χ1n) is 8.79. The molecule has 3 aromatic rings. The van der Waals surface area contributed by atoms with E-state index in [0.717, 1.165) is 39.7 Å². The van der Waals surface area contributed by atoms with E-state index in [-0.39, 0.29) is 5.91 Å². The number of hydrogen-bond acceptors (Lipinski definition) is 5. The third-order valence-corrected chi connectivity index (χ3v) is 5.40. The Morgan fingerprint density at radius 3 is 2.92 bits per heavy atom. The van der Waals surface area contributed by atoms with Gasteiger partial charge in [-0.05, 0) is 48.7 Å². The van der Waals surface area contributed by atoms with Gasteiger partial charge in [0.1, 0.15) is 10.8 Å². The number of amides is 1. The van der Waals surface area contributed by atoms with E-state index in [4.69, 9.17) is 0 Å². The molecule has 1 fully saturated rings. The fraction of sp³-hybridized carbons (Fsp3) is 0.250. The second-order valence-corrected chi connectivity index (χ2v) is 7.35. The number of fused-ring (bicyclic) bond motifs is 1. The Labute approximate surface area is 156 Å². The smallest absolute Gasteiger partial charge is 0.244 e. The standard InChI is InChI=1S/C20H20N4OS/c25-19(7-8-20-23-16-5-1-2-6-17(16)26-20)22-14-15-9-10-21-18(13-15)24-11-3-4-12-24/h1-2,5-10,13H,3-4,11-12,14H2,(H,22,25)/b8-7+. The molecule has 0 aliphatic carbocycles. The lowest BCUT2D eigenvalue weighted by molar-refractivity contribution is -0.116. The molecule has 0 saturated carbocycles. The Kier molecular flexibility index (Phi) is 4.93. The lowest BCUT2D eigenvalue weighted by atomic mass is 10.2. The van der Waals surface area contributed by atoms with Crippen LogP contribution in [0.1, 0.15) is 23.4 Å². The molecule has 0 unspecified atom stereocenters. The van der Waals surface area contributed by atoms with Crippen molar-refractivity contribution in [3.8, 4) is 0 Å². The maximum Gasteiger partial charge on any atom is 0.244 e. The number of hydrogen-bond donors (Lipinski definition) is 1. The van der Waals surface area contributed by atoms with E-state index in [0.29, 0.717) is 6.54 Å². The van der Waals surface area contributed by atoms with Gasteiger partial charge in [0.2, 0.25) is 5.91 Å². The van der Waals surface area contributed by atoms with Gasteiger partial charge in [-0.3, -0.25) is 4.79 Å². The first kappa shape index (κ1) is 16.7. The van der Waals surface area contributed by atoms with Gasteiger partial charge in [0.05, 0.1) is 10.2 Å². The van der Waals surface area contributed by atoms with E-state index in [1.165, 1.54) is 12.8 Å². The summed E-state index contributed by atoms with van der Waals surface area (Å²) < 4.78 is 1.12. The zero-order valence-electron chi connectivity index (χ0n) is 14.4. The normalized spacial score (nSPS) is 14.4. The van der Waals surface area contributed by atoms with Crippen molar-refractivity contribution in [3.05, 3.63) is 59.2 Å². The van der Waals surface area contributed by atoms with Gasteiger partial charge in [0.25, 0.3) is 0 Å². The van der Waals surface area contributed by atoms with Gasteiger partial charge < -0.3 is 10.2 Å². The van der Waals surface area contributed by atoms with Crippen LogP contribution in [0.15, 0.2) is 48.7 Å². The Bertz CT molecular complexity index is 911. The van der Waals surface area contributed by atoms with E-state index in [9.17, 15) is 4.79 Å². The van der Waals surface area contributed by atoms with Crippen LogP contribution < -0.4 is 10.2 Å². The summed E-state index contributed by atoms with van der Waals surface area (Å²) in [6.07, 6.45) is 7.56. The van der Waals surface area contributed by atoms with Gasteiger partial charge in [-0.25, -0.2) is 9.97 Å². The van der Waals surface area contributed by atoms with Crippen LogP contribution in [0.2, 0.25) is 0 Å². The molecule has 5 nitrogen and oxygen atoms in total. The highest BCUT2D eigenvalue weighted by molar-refractivity contribution is 7.19. The van der Waals surface area contributed by atoms with Gasteiger partial charge in [-0.1, -0.05) is 12.1 Å². The fourth-order valence-corrected chi connectivity index (χ4v) is 3.92. The minimum atomic E-state index is -0.121. The molecule has 0 spiro atoms. The van der Waals surface area contributed by atoms with Gasteiger partial charge in [0, 0.05) is 31.9 Å². The zero-order valence-corrected chi connectivity index (χ0v) is 15.2. The summed E-state index contributed by atoms with van der Waals surface area (Å²) in [4.78, 5) is 23.3. The molecule has 0 radical (unpaired) electrons. The number of anilines is 1. The maximum atomic E-state index is 12.1. The highest BCUT2D eigenvalue weighted by Gasteiger charge is 2.13. The topological polar surface area (TPSA) is 58.1 Å². The minimum absolute atomic E-state index is 0.121. The largest absolute Gasteiger partial charge is 0.357 e. The fourth-order valence-electron chi connectivity index (χ4n) is 3.05. The molecule has 1 N–H and O–H groups in total. The Morgan fingerprint density at radius 2 is 2.08 bits per heavy atom. The molecule has 4 rings (SSSR count). The molecule has 3 heterocycles. The summed E-state index contributed by atoms with van der Waals surface area (Å²) in [5.41, 5.74) is 2.02. The number of benzene rings is 1. The average molecular weight is 364 g/mol. The molecule has 132 valence electrons. The number of pyridine rings is 1. The van der Waals surface area contributed by atoms with E-state index in [2.05, 4.69) is 26.3 Å². The lowest BCUT2D eigenvalue weighted by Crippen LogP contribution is -2.22. The predicted molar refractivity (Wildman–Crippen MR) is 106 cm³/mol. The number of carbonyl (C=O) groups excluding carboxylic acids is 1. The van der Waals surface area contributed by atoms with Gasteiger partial charge in [0.15, 0.2) is 0 Å². The van der Waals surface area contributed by atoms with Crippen molar-refractivity contribution < 1.29 is 4.79 Å². The molecule has 0 atom stereocenters. The van der Waals surface area contributed by atoms with Crippen LogP contribution in [0.5, 0.6) is 0 Å². The number of nitrogens with zero attached hydrogens (tertiary/aromatic N) is 3. The molecular weight excluding hydrogens is 344 g/mol. The van der Waals surface area contributed by atoms with Gasteiger partial charge >= 0.3 is 0 Å². The van der Waals surface area contributed by atoms with Crippen molar-refractivity contribution in [1.82, 2.24) is 15.3 Å². The summed E-state index contributed by atoms with van der Waals surface area (Å²) in [6, 6.07) is 12.0. The molecule has 1 saturated heterocycles. The Hall–Kier alpha value is -2.73. The maximum absolute atomic E-state index is 12.1. The summed E-state index contributed by atoms with van der Waals surface area (Å²) in [7, 11) is 0. The SMILES string of the molecule is O=C(/C=C/c1nc2ccccc2s1)NCc1ccnc(N2CCCC2)c1. The van der Waals surface area contributed by atoms with Crippen molar-refractivity contribution in [3.63, 3.8) is 0 Å². The van der Waals surface area contributed by atoms with Crippen molar-refractivity contribution >= 4 is 39.4 Å². The minimum Gasteiger partial charge on any atom is -0.357 e. The van der Waals surface area contributed by atoms with E-state index in [1.54, 1.807) is 23.5 Å². The molecule has 1 amide bonds. The van der Waals surface area contributed by atoms with Crippen LogP contribution in [0.3, 0.4) is 0 Å². The van der Waals surface area contributed by atoms with Gasteiger partial charge in [-0.15, -0.1) is 11.3 Å². The third-order valence-electron chi connectivity index (χ3n) is 4.39. The third kappa shape index (κ3) is 3.91. The highest BCUT2D eigenvalue weighted by atomic mass is 32.1. The molecule has 1 aromatic carbocycles. The summed E-state index contributed by atoms with van der Waals surface area (Å²) in [5.74, 6) is 0.878. The average Bonchev–Trinajstić information content (AvgIpc) is 3.34. The van der Waals surface area contributed by atoms with Crippen LogP contribution >= 0.6 is 11.3 Å². The molecule has 6 heteroatoms. The summed E-state index contributed by atoms with van der Waals surface area (Å²) in [6.45, 7) is 2.62. The molecule has 1 aliphatic rings. The van der Waals surface area contributed by atoms with Crippen LogP contribution in [0.25, 0.3) is 16.3 Å². The predicted octanol–water partition coefficient (Wildman–Crippen LogP) is 3.62. The van der Waals surface area contributed by atoms with Crippen LogP contribution in [-0.4, -0.2) is 29.0 Å². The quantitative estimate of drug-likeness (QED) is 0.703. The Balaban J connectivity index is 1.35. The van der Waals surface area contributed by atoms with Crippen molar-refractivity contribution in [2.75, 3.05) is 18.0 Å². The first-order chi connectivity index (χ1) is 12.8. The number of para-hydroxylation sites is 1.